The monoisotopic (exact) mass is 406 g/mol. The van der Waals surface area contributed by atoms with Gasteiger partial charge in [-0.2, -0.15) is 0 Å². The highest BCUT2D eigenvalue weighted by Gasteiger charge is 2.25. The molecular weight excluding hydrogens is 380 g/mol. The first-order valence-corrected chi connectivity index (χ1v) is 9.92. The first-order valence-electron chi connectivity index (χ1n) is 9.92. The minimum atomic E-state index is -0.483. The molecule has 0 fully saturated rings. The molecule has 1 aromatic carbocycles. The number of hydrogen-bond acceptors (Lipinski definition) is 5. The Morgan fingerprint density at radius 3 is 2.50 bits per heavy atom. The molecule has 7 nitrogen and oxygen atoms in total. The molecule has 30 heavy (non-hydrogen) atoms. The molecule has 0 spiro atoms. The summed E-state index contributed by atoms with van der Waals surface area (Å²) in [6.07, 6.45) is 4.40. The summed E-state index contributed by atoms with van der Waals surface area (Å²) in [4.78, 5) is 33.4. The van der Waals surface area contributed by atoms with Crippen LogP contribution in [0, 0.1) is 5.92 Å². The largest absolute Gasteiger partial charge is 0.446 e. The average Bonchev–Trinajstić information content (AvgIpc) is 3.22. The Balaban J connectivity index is 1.73. The molecule has 3 rings (SSSR count). The average molecular weight is 406 g/mol. The molecule has 0 aliphatic rings. The number of hydrogen-bond donors (Lipinski definition) is 2. The van der Waals surface area contributed by atoms with Crippen LogP contribution in [0.1, 0.15) is 72.0 Å². The fourth-order valence-corrected chi connectivity index (χ4v) is 2.94. The number of nitrogens with one attached hydrogen (secondary N) is 2. The van der Waals surface area contributed by atoms with Crippen LogP contribution in [0.4, 0.5) is 5.69 Å². The Morgan fingerprint density at radius 1 is 1.03 bits per heavy atom. The fraction of sp³-hybridized carbons (Fsp3) is 0.304. The third-order valence-corrected chi connectivity index (χ3v) is 4.71. The second-order valence-corrected chi connectivity index (χ2v) is 7.74. The van der Waals surface area contributed by atoms with Gasteiger partial charge in [0.2, 0.25) is 5.89 Å². The van der Waals surface area contributed by atoms with E-state index in [0.29, 0.717) is 17.2 Å². The molecule has 7 heteroatoms. The van der Waals surface area contributed by atoms with E-state index in [2.05, 4.69) is 34.4 Å². The van der Waals surface area contributed by atoms with Crippen molar-refractivity contribution in [2.45, 2.75) is 39.7 Å². The van der Waals surface area contributed by atoms with Crippen LogP contribution in [-0.2, 0) is 0 Å². The predicted octanol–water partition coefficient (Wildman–Crippen LogP) is 4.57. The van der Waals surface area contributed by atoms with Gasteiger partial charge in [0.15, 0.2) is 5.69 Å². The zero-order chi connectivity index (χ0) is 21.7. The highest BCUT2D eigenvalue weighted by atomic mass is 16.3. The molecule has 2 aromatic heterocycles. The van der Waals surface area contributed by atoms with E-state index < -0.39 is 6.04 Å². The number of amides is 2. The van der Waals surface area contributed by atoms with Crippen LogP contribution >= 0.6 is 0 Å². The predicted molar refractivity (Wildman–Crippen MR) is 114 cm³/mol. The van der Waals surface area contributed by atoms with Gasteiger partial charge in [-0.25, -0.2) is 4.98 Å². The van der Waals surface area contributed by atoms with Gasteiger partial charge in [0.1, 0.15) is 12.3 Å². The van der Waals surface area contributed by atoms with Gasteiger partial charge >= 0.3 is 0 Å². The smallest absolute Gasteiger partial charge is 0.277 e. The molecule has 156 valence electrons. The Kier molecular flexibility index (Phi) is 6.61. The third kappa shape index (κ3) is 5.11. The van der Waals surface area contributed by atoms with Gasteiger partial charge in [-0.1, -0.05) is 39.8 Å². The van der Waals surface area contributed by atoms with E-state index in [9.17, 15) is 9.59 Å². The summed E-state index contributed by atoms with van der Waals surface area (Å²) in [5.41, 5.74) is 2.42. The van der Waals surface area contributed by atoms with Crippen molar-refractivity contribution in [1.29, 1.82) is 0 Å². The SMILES string of the molecule is CC(C)c1cccc(NC(=O)c2coc([C@@H](NC(=O)c3cccnc3)C(C)C)n2)c1. The zero-order valence-corrected chi connectivity index (χ0v) is 17.5. The number of aromatic nitrogens is 2. The molecule has 2 heterocycles. The lowest BCUT2D eigenvalue weighted by atomic mass is 10.0. The summed E-state index contributed by atoms with van der Waals surface area (Å²) >= 11 is 0. The lowest BCUT2D eigenvalue weighted by molar-refractivity contribution is 0.0916. The molecule has 0 aliphatic heterocycles. The first-order chi connectivity index (χ1) is 14.3. The standard InChI is InChI=1S/C23H26N4O3/c1-14(2)16-7-5-9-18(11-16)25-22(29)19-13-30-23(26-19)20(15(3)4)27-21(28)17-8-6-10-24-12-17/h5-15,20H,1-4H3,(H,25,29)(H,27,28)/t20-/m0/s1. The summed E-state index contributed by atoms with van der Waals surface area (Å²) in [6.45, 7) is 8.07. The van der Waals surface area contributed by atoms with Crippen molar-refractivity contribution >= 4 is 17.5 Å². The number of oxazole rings is 1. The quantitative estimate of drug-likeness (QED) is 0.599. The first kappa shape index (κ1) is 21.2. The molecule has 2 amide bonds. The molecular formula is C23H26N4O3. The van der Waals surface area contributed by atoms with Crippen LogP contribution in [-0.4, -0.2) is 21.8 Å². The van der Waals surface area contributed by atoms with E-state index in [0.717, 1.165) is 5.56 Å². The van der Waals surface area contributed by atoms with E-state index in [1.54, 1.807) is 18.3 Å². The second kappa shape index (κ2) is 9.35. The Bertz CT molecular complexity index is 1010. The van der Waals surface area contributed by atoms with Crippen molar-refractivity contribution in [3.63, 3.8) is 0 Å². The van der Waals surface area contributed by atoms with E-state index >= 15 is 0 Å². The fourth-order valence-electron chi connectivity index (χ4n) is 2.94. The maximum atomic E-state index is 12.6. The maximum absolute atomic E-state index is 12.6. The van der Waals surface area contributed by atoms with E-state index in [1.807, 2.05) is 38.1 Å². The van der Waals surface area contributed by atoms with Crippen LogP contribution in [0.15, 0.2) is 59.5 Å². The van der Waals surface area contributed by atoms with Crippen LogP contribution in [0.3, 0.4) is 0 Å². The van der Waals surface area contributed by atoms with Crippen molar-refractivity contribution in [2.24, 2.45) is 5.92 Å². The van der Waals surface area contributed by atoms with Crippen LogP contribution in [0.2, 0.25) is 0 Å². The zero-order valence-electron chi connectivity index (χ0n) is 17.5. The summed E-state index contributed by atoms with van der Waals surface area (Å²) < 4.78 is 5.54. The van der Waals surface area contributed by atoms with Gasteiger partial charge in [0, 0.05) is 18.1 Å². The summed E-state index contributed by atoms with van der Waals surface area (Å²) in [5, 5.41) is 5.75. The summed E-state index contributed by atoms with van der Waals surface area (Å²) in [6, 6.07) is 10.6. The van der Waals surface area contributed by atoms with Gasteiger partial charge in [-0.05, 0) is 41.7 Å². The molecule has 0 saturated carbocycles. The van der Waals surface area contributed by atoms with Crippen molar-refractivity contribution in [2.75, 3.05) is 5.32 Å². The molecule has 0 bridgehead atoms. The second-order valence-electron chi connectivity index (χ2n) is 7.74. The number of nitrogens with zero attached hydrogens (tertiary/aromatic N) is 2. The van der Waals surface area contributed by atoms with E-state index in [4.69, 9.17) is 4.42 Å². The van der Waals surface area contributed by atoms with E-state index in [1.165, 1.54) is 12.5 Å². The van der Waals surface area contributed by atoms with Crippen LogP contribution in [0.5, 0.6) is 0 Å². The van der Waals surface area contributed by atoms with Gasteiger partial charge < -0.3 is 15.1 Å². The van der Waals surface area contributed by atoms with Gasteiger partial charge in [0.05, 0.1) is 5.56 Å². The Labute approximate surface area is 175 Å². The maximum Gasteiger partial charge on any atom is 0.277 e. The number of carbonyl (C=O) groups is 2. The van der Waals surface area contributed by atoms with Gasteiger partial charge in [-0.3, -0.25) is 14.6 Å². The molecule has 0 radical (unpaired) electrons. The van der Waals surface area contributed by atoms with Crippen molar-refractivity contribution < 1.29 is 14.0 Å². The minimum absolute atomic E-state index is 0.00269. The highest BCUT2D eigenvalue weighted by Crippen LogP contribution is 2.23. The van der Waals surface area contributed by atoms with Gasteiger partial charge in [0.25, 0.3) is 11.8 Å². The highest BCUT2D eigenvalue weighted by molar-refractivity contribution is 6.02. The van der Waals surface area contributed by atoms with Crippen LogP contribution in [0.25, 0.3) is 0 Å². The molecule has 0 aliphatic carbocycles. The van der Waals surface area contributed by atoms with E-state index in [-0.39, 0.29) is 29.3 Å². The van der Waals surface area contributed by atoms with Gasteiger partial charge in [-0.15, -0.1) is 0 Å². The number of benzene rings is 1. The third-order valence-electron chi connectivity index (χ3n) is 4.71. The normalized spacial score (nSPS) is 12.1. The van der Waals surface area contributed by atoms with Crippen molar-refractivity contribution in [3.8, 4) is 0 Å². The topological polar surface area (TPSA) is 97.1 Å². The van der Waals surface area contributed by atoms with Crippen LogP contribution < -0.4 is 10.6 Å². The summed E-state index contributed by atoms with van der Waals surface area (Å²) in [7, 11) is 0. The molecule has 1 atom stereocenters. The molecule has 3 aromatic rings. The molecule has 0 saturated heterocycles. The number of anilines is 1. The molecule has 2 N–H and O–H groups in total. The van der Waals surface area contributed by atoms with Crippen molar-refractivity contribution in [1.82, 2.24) is 15.3 Å². The number of rotatable bonds is 7. The number of carbonyl (C=O) groups excluding carboxylic acids is 2. The lowest BCUT2D eigenvalue weighted by Gasteiger charge is -2.19. The number of pyridine rings is 1. The lowest BCUT2D eigenvalue weighted by Crippen LogP contribution is -2.32. The van der Waals surface area contributed by atoms with Crippen molar-refractivity contribution in [3.05, 3.63) is 77.8 Å². The Morgan fingerprint density at radius 2 is 1.83 bits per heavy atom. The molecule has 0 unspecified atom stereocenters. The summed E-state index contributed by atoms with van der Waals surface area (Å²) in [5.74, 6) is -0.00883. The minimum Gasteiger partial charge on any atom is -0.446 e. The Hall–Kier alpha value is -3.48.